The van der Waals surface area contributed by atoms with Gasteiger partial charge in [0.15, 0.2) is 0 Å². The minimum Gasteiger partial charge on any atom is -0.480 e. The van der Waals surface area contributed by atoms with Crippen LogP contribution in [0, 0.1) is 0 Å². The van der Waals surface area contributed by atoms with Crippen molar-refractivity contribution >= 4 is 22.8 Å². The minimum absolute atomic E-state index is 0.385. The molecular weight excluding hydrogens is 246 g/mol. The predicted molar refractivity (Wildman–Crippen MR) is 69.9 cm³/mol. The number of nitrogens with one attached hydrogen (secondary N) is 2. The molecule has 0 saturated carbocycles. The van der Waals surface area contributed by atoms with Crippen LogP contribution in [-0.4, -0.2) is 33.2 Å². The van der Waals surface area contributed by atoms with Gasteiger partial charge < -0.3 is 10.4 Å². The number of hydrogen-bond donors (Lipinski definition) is 3. The molecule has 0 unspecified atom stereocenters. The average molecular weight is 261 g/mol. The van der Waals surface area contributed by atoms with Gasteiger partial charge in [-0.2, -0.15) is 5.10 Å². The Labute approximate surface area is 109 Å². The summed E-state index contributed by atoms with van der Waals surface area (Å²) < 4.78 is 0. The molecule has 2 rings (SSSR count). The summed E-state index contributed by atoms with van der Waals surface area (Å²) in [5.41, 5.74) is 1.26. The first-order chi connectivity index (χ1) is 9.11. The Morgan fingerprint density at radius 1 is 1.47 bits per heavy atom. The van der Waals surface area contributed by atoms with Crippen LogP contribution >= 0.6 is 0 Å². The maximum Gasteiger partial charge on any atom is 0.326 e. The predicted octanol–water partition coefficient (Wildman–Crippen LogP) is 1.55. The molecule has 0 aliphatic heterocycles. The largest absolute Gasteiger partial charge is 0.480 e. The van der Waals surface area contributed by atoms with Crippen molar-refractivity contribution < 1.29 is 14.7 Å². The van der Waals surface area contributed by atoms with Gasteiger partial charge in [0.25, 0.3) is 5.91 Å². The normalized spacial score (nSPS) is 12.3. The van der Waals surface area contributed by atoms with Crippen LogP contribution in [-0.2, 0) is 4.79 Å². The Morgan fingerprint density at radius 3 is 2.95 bits per heavy atom. The summed E-state index contributed by atoms with van der Waals surface area (Å²) in [6.07, 6.45) is 2.72. The Bertz CT molecular complexity index is 606. The van der Waals surface area contributed by atoms with E-state index in [-0.39, 0.29) is 5.91 Å². The van der Waals surface area contributed by atoms with Crippen molar-refractivity contribution in [3.05, 3.63) is 30.0 Å². The number of carbonyl (C=O) groups is 2. The van der Waals surface area contributed by atoms with Crippen LogP contribution in [0.3, 0.4) is 0 Å². The SMILES string of the molecule is CCC[C@@H](NC(=O)c1ccc2[nH]ncc2c1)C(=O)O. The van der Waals surface area contributed by atoms with Gasteiger partial charge in [-0.05, 0) is 24.6 Å². The zero-order chi connectivity index (χ0) is 13.8. The summed E-state index contributed by atoms with van der Waals surface area (Å²) in [5.74, 6) is -1.40. The maximum atomic E-state index is 12.0. The Hall–Kier alpha value is -2.37. The number of benzene rings is 1. The first kappa shape index (κ1) is 13.1. The number of carboxylic acid groups (broad SMARTS) is 1. The number of fused-ring (bicyclic) bond motifs is 1. The quantitative estimate of drug-likeness (QED) is 0.760. The number of hydrogen-bond acceptors (Lipinski definition) is 3. The Kier molecular flexibility index (Phi) is 3.79. The van der Waals surface area contributed by atoms with Gasteiger partial charge in [0.1, 0.15) is 6.04 Å². The summed E-state index contributed by atoms with van der Waals surface area (Å²) in [4.78, 5) is 23.0. The van der Waals surface area contributed by atoms with Crippen molar-refractivity contribution in [2.24, 2.45) is 0 Å². The molecule has 6 nitrogen and oxygen atoms in total. The van der Waals surface area contributed by atoms with Crippen LogP contribution in [0.1, 0.15) is 30.1 Å². The van der Waals surface area contributed by atoms with E-state index in [0.29, 0.717) is 18.4 Å². The summed E-state index contributed by atoms with van der Waals surface area (Å²) in [7, 11) is 0. The van der Waals surface area contributed by atoms with Gasteiger partial charge in [0, 0.05) is 10.9 Å². The van der Waals surface area contributed by atoms with E-state index in [4.69, 9.17) is 5.11 Å². The fraction of sp³-hybridized carbons (Fsp3) is 0.308. The molecular formula is C13H15N3O3. The van der Waals surface area contributed by atoms with Gasteiger partial charge >= 0.3 is 5.97 Å². The van der Waals surface area contributed by atoms with Crippen molar-refractivity contribution in [2.75, 3.05) is 0 Å². The van der Waals surface area contributed by atoms with Crippen LogP contribution in [0.25, 0.3) is 10.9 Å². The minimum atomic E-state index is -1.01. The third-order valence-electron chi connectivity index (χ3n) is 2.88. The number of aromatic nitrogens is 2. The third kappa shape index (κ3) is 2.90. The lowest BCUT2D eigenvalue weighted by atomic mass is 10.1. The second-order valence-electron chi connectivity index (χ2n) is 4.32. The van der Waals surface area contributed by atoms with Crippen LogP contribution in [0.4, 0.5) is 0 Å². The molecule has 0 radical (unpaired) electrons. The van der Waals surface area contributed by atoms with E-state index in [0.717, 1.165) is 10.9 Å². The van der Waals surface area contributed by atoms with E-state index in [1.807, 2.05) is 6.92 Å². The molecule has 1 aromatic carbocycles. The Balaban J connectivity index is 2.16. The first-order valence-electron chi connectivity index (χ1n) is 6.08. The first-order valence-corrected chi connectivity index (χ1v) is 6.08. The van der Waals surface area contributed by atoms with Gasteiger partial charge in [-0.15, -0.1) is 0 Å². The topological polar surface area (TPSA) is 95.1 Å². The molecule has 2 aromatic rings. The lowest BCUT2D eigenvalue weighted by molar-refractivity contribution is -0.139. The number of amides is 1. The Morgan fingerprint density at radius 2 is 2.26 bits per heavy atom. The maximum absolute atomic E-state index is 12.0. The molecule has 19 heavy (non-hydrogen) atoms. The standard InChI is InChI=1S/C13H15N3O3/c1-2-3-11(13(18)19)15-12(17)8-4-5-10-9(6-8)7-14-16-10/h4-7,11H,2-3H2,1H3,(H,14,16)(H,15,17)(H,18,19)/t11-/m1/s1. The van der Waals surface area contributed by atoms with Crippen molar-refractivity contribution in [3.63, 3.8) is 0 Å². The fourth-order valence-corrected chi connectivity index (χ4v) is 1.87. The van der Waals surface area contributed by atoms with Gasteiger partial charge in [0.2, 0.25) is 0 Å². The highest BCUT2D eigenvalue weighted by Crippen LogP contribution is 2.13. The lowest BCUT2D eigenvalue weighted by Gasteiger charge is -2.13. The van der Waals surface area contributed by atoms with E-state index < -0.39 is 12.0 Å². The summed E-state index contributed by atoms with van der Waals surface area (Å²) in [6.45, 7) is 1.87. The van der Waals surface area contributed by atoms with Crippen LogP contribution in [0.2, 0.25) is 0 Å². The summed E-state index contributed by atoms with van der Waals surface area (Å²) in [5, 5.41) is 19.0. The fourth-order valence-electron chi connectivity index (χ4n) is 1.87. The highest BCUT2D eigenvalue weighted by molar-refractivity contribution is 5.99. The lowest BCUT2D eigenvalue weighted by Crippen LogP contribution is -2.40. The number of aromatic amines is 1. The molecule has 0 saturated heterocycles. The summed E-state index contributed by atoms with van der Waals surface area (Å²) >= 11 is 0. The molecule has 100 valence electrons. The molecule has 3 N–H and O–H groups in total. The van der Waals surface area contributed by atoms with Gasteiger partial charge in [-0.25, -0.2) is 4.79 Å². The van der Waals surface area contributed by atoms with E-state index in [1.165, 1.54) is 0 Å². The average Bonchev–Trinajstić information content (AvgIpc) is 2.85. The van der Waals surface area contributed by atoms with Crippen molar-refractivity contribution in [1.29, 1.82) is 0 Å². The van der Waals surface area contributed by atoms with Crippen molar-refractivity contribution in [3.8, 4) is 0 Å². The second-order valence-corrected chi connectivity index (χ2v) is 4.32. The van der Waals surface area contributed by atoms with Crippen LogP contribution in [0.5, 0.6) is 0 Å². The highest BCUT2D eigenvalue weighted by Gasteiger charge is 2.19. The molecule has 1 heterocycles. The van der Waals surface area contributed by atoms with Crippen molar-refractivity contribution in [2.45, 2.75) is 25.8 Å². The number of nitrogens with zero attached hydrogens (tertiary/aromatic N) is 1. The molecule has 0 aliphatic carbocycles. The summed E-state index contributed by atoms with van der Waals surface area (Å²) in [6, 6.07) is 4.21. The van der Waals surface area contributed by atoms with Gasteiger partial charge in [-0.1, -0.05) is 13.3 Å². The zero-order valence-electron chi connectivity index (χ0n) is 10.5. The van der Waals surface area contributed by atoms with E-state index >= 15 is 0 Å². The monoisotopic (exact) mass is 261 g/mol. The zero-order valence-corrected chi connectivity index (χ0v) is 10.5. The second kappa shape index (κ2) is 5.51. The molecule has 1 atom stereocenters. The van der Waals surface area contributed by atoms with Gasteiger partial charge in [-0.3, -0.25) is 9.89 Å². The van der Waals surface area contributed by atoms with E-state index in [1.54, 1.807) is 24.4 Å². The number of aliphatic carboxylic acids is 1. The smallest absolute Gasteiger partial charge is 0.326 e. The number of H-pyrrole nitrogens is 1. The molecule has 0 fully saturated rings. The number of rotatable bonds is 5. The van der Waals surface area contributed by atoms with E-state index in [9.17, 15) is 9.59 Å². The molecule has 0 aliphatic rings. The highest BCUT2D eigenvalue weighted by atomic mass is 16.4. The molecule has 0 bridgehead atoms. The molecule has 6 heteroatoms. The molecule has 0 spiro atoms. The number of carbonyl (C=O) groups excluding carboxylic acids is 1. The van der Waals surface area contributed by atoms with Crippen molar-refractivity contribution in [1.82, 2.24) is 15.5 Å². The third-order valence-corrected chi connectivity index (χ3v) is 2.88. The van der Waals surface area contributed by atoms with E-state index in [2.05, 4.69) is 15.5 Å². The number of carboxylic acids is 1. The molecule has 1 amide bonds. The van der Waals surface area contributed by atoms with Crippen LogP contribution in [0.15, 0.2) is 24.4 Å². The van der Waals surface area contributed by atoms with Crippen LogP contribution < -0.4 is 5.32 Å². The van der Waals surface area contributed by atoms with Gasteiger partial charge in [0.05, 0.1) is 11.7 Å². The molecule has 1 aromatic heterocycles.